The molecule has 0 radical (unpaired) electrons. The van der Waals surface area contributed by atoms with Crippen LogP contribution in [0.25, 0.3) is 0 Å². The van der Waals surface area contributed by atoms with Gasteiger partial charge in [0.1, 0.15) is 0 Å². The van der Waals surface area contributed by atoms with Crippen molar-refractivity contribution in [3.8, 4) is 0 Å². The highest BCUT2D eigenvalue weighted by Crippen LogP contribution is 2.08. The molecule has 0 aromatic heterocycles. The SMILES string of the molecule is NC1N=NC(c2ccccc2)=N1. The molecule has 1 heterocycles. The maximum atomic E-state index is 5.41. The van der Waals surface area contributed by atoms with E-state index in [0.717, 1.165) is 5.56 Å². The smallest absolute Gasteiger partial charge is 0.213 e. The molecule has 60 valence electrons. The van der Waals surface area contributed by atoms with E-state index >= 15 is 0 Å². The number of rotatable bonds is 1. The Bertz CT molecular complexity index is 328. The van der Waals surface area contributed by atoms with Crippen molar-refractivity contribution >= 4 is 5.84 Å². The molecule has 4 nitrogen and oxygen atoms in total. The third-order valence-corrected chi connectivity index (χ3v) is 1.56. The standard InChI is InChI=1S/C8H8N4/c9-8-10-7(11-12-8)6-4-2-1-3-5-6/h1-5,8H,9H2. The van der Waals surface area contributed by atoms with Crippen molar-refractivity contribution in [3.63, 3.8) is 0 Å². The van der Waals surface area contributed by atoms with Crippen molar-refractivity contribution < 1.29 is 0 Å². The molecule has 2 N–H and O–H groups in total. The highest BCUT2D eigenvalue weighted by atomic mass is 15.3. The summed E-state index contributed by atoms with van der Waals surface area (Å²) in [6.07, 6.45) is -0.514. The van der Waals surface area contributed by atoms with E-state index in [0.29, 0.717) is 5.84 Å². The second-order valence-electron chi connectivity index (χ2n) is 2.45. The summed E-state index contributed by atoms with van der Waals surface area (Å²) in [6.45, 7) is 0. The van der Waals surface area contributed by atoms with Crippen molar-refractivity contribution in [2.45, 2.75) is 6.29 Å². The Hall–Kier alpha value is -1.55. The molecule has 1 aromatic rings. The van der Waals surface area contributed by atoms with Gasteiger partial charge in [0.05, 0.1) is 0 Å². The molecule has 1 aromatic carbocycles. The van der Waals surface area contributed by atoms with E-state index in [9.17, 15) is 0 Å². The third kappa shape index (κ3) is 1.24. The quantitative estimate of drug-likeness (QED) is 0.657. The summed E-state index contributed by atoms with van der Waals surface area (Å²) in [5.41, 5.74) is 6.37. The van der Waals surface area contributed by atoms with Gasteiger partial charge in [-0.1, -0.05) is 30.3 Å². The van der Waals surface area contributed by atoms with E-state index < -0.39 is 6.29 Å². The van der Waals surface area contributed by atoms with Gasteiger partial charge in [-0.25, -0.2) is 4.99 Å². The lowest BCUT2D eigenvalue weighted by atomic mass is 10.2. The molecule has 0 amide bonds. The fraction of sp³-hybridized carbons (Fsp3) is 0.125. The largest absolute Gasteiger partial charge is 0.290 e. The molecule has 1 unspecified atom stereocenters. The summed E-state index contributed by atoms with van der Waals surface area (Å²) in [5, 5.41) is 7.53. The Morgan fingerprint density at radius 3 is 2.50 bits per heavy atom. The van der Waals surface area contributed by atoms with Crippen LogP contribution in [0, 0.1) is 0 Å². The molecule has 1 aliphatic rings. The normalized spacial score (nSPS) is 21.1. The lowest BCUT2D eigenvalue weighted by Crippen LogP contribution is -2.10. The minimum atomic E-state index is -0.514. The van der Waals surface area contributed by atoms with Gasteiger partial charge in [0.2, 0.25) is 6.29 Å². The first-order chi connectivity index (χ1) is 5.86. The van der Waals surface area contributed by atoms with E-state index in [1.807, 2.05) is 30.3 Å². The van der Waals surface area contributed by atoms with Crippen LogP contribution >= 0.6 is 0 Å². The summed E-state index contributed by atoms with van der Waals surface area (Å²) in [6, 6.07) is 9.65. The van der Waals surface area contributed by atoms with E-state index in [2.05, 4.69) is 15.2 Å². The number of amidine groups is 1. The summed E-state index contributed by atoms with van der Waals surface area (Å²) < 4.78 is 0. The zero-order valence-electron chi connectivity index (χ0n) is 6.38. The van der Waals surface area contributed by atoms with Crippen LogP contribution in [0.15, 0.2) is 45.6 Å². The van der Waals surface area contributed by atoms with Crippen LogP contribution in [-0.2, 0) is 0 Å². The monoisotopic (exact) mass is 160 g/mol. The molecule has 0 bridgehead atoms. The summed E-state index contributed by atoms with van der Waals surface area (Å²) in [7, 11) is 0. The summed E-state index contributed by atoms with van der Waals surface area (Å²) in [4.78, 5) is 4.02. The second kappa shape index (κ2) is 2.83. The maximum Gasteiger partial charge on any atom is 0.213 e. The van der Waals surface area contributed by atoms with Crippen molar-refractivity contribution in [1.82, 2.24) is 0 Å². The Kier molecular flexibility index (Phi) is 1.68. The minimum Gasteiger partial charge on any atom is -0.290 e. The highest BCUT2D eigenvalue weighted by Gasteiger charge is 2.09. The average molecular weight is 160 g/mol. The molecule has 12 heavy (non-hydrogen) atoms. The van der Waals surface area contributed by atoms with Crippen molar-refractivity contribution in [2.24, 2.45) is 21.0 Å². The van der Waals surface area contributed by atoms with Gasteiger partial charge < -0.3 is 0 Å². The number of benzene rings is 1. The molecule has 0 aliphatic carbocycles. The summed E-state index contributed by atoms with van der Waals surface area (Å²) >= 11 is 0. The molecule has 2 rings (SSSR count). The van der Waals surface area contributed by atoms with Gasteiger partial charge in [0.15, 0.2) is 5.84 Å². The van der Waals surface area contributed by atoms with Gasteiger partial charge in [0, 0.05) is 5.56 Å². The lowest BCUT2D eigenvalue weighted by molar-refractivity contribution is 0.749. The molecule has 4 heteroatoms. The first-order valence-electron chi connectivity index (χ1n) is 3.66. The first kappa shape index (κ1) is 7.12. The number of aliphatic imine (C=N–C) groups is 1. The first-order valence-corrected chi connectivity index (χ1v) is 3.66. The summed E-state index contributed by atoms with van der Waals surface area (Å²) in [5.74, 6) is 0.614. The van der Waals surface area contributed by atoms with Crippen LogP contribution < -0.4 is 5.73 Å². The van der Waals surface area contributed by atoms with E-state index in [1.54, 1.807) is 0 Å². The molecule has 1 aliphatic heterocycles. The van der Waals surface area contributed by atoms with E-state index in [1.165, 1.54) is 0 Å². The zero-order chi connectivity index (χ0) is 8.39. The molecular formula is C8H8N4. The fourth-order valence-corrected chi connectivity index (χ4v) is 1.01. The number of hydrogen-bond acceptors (Lipinski definition) is 4. The number of hydrogen-bond donors (Lipinski definition) is 1. The molecule has 1 atom stereocenters. The van der Waals surface area contributed by atoms with Gasteiger partial charge in [-0.2, -0.15) is 0 Å². The van der Waals surface area contributed by atoms with Crippen molar-refractivity contribution in [1.29, 1.82) is 0 Å². The van der Waals surface area contributed by atoms with Crippen LogP contribution in [0.4, 0.5) is 0 Å². The highest BCUT2D eigenvalue weighted by molar-refractivity contribution is 5.99. The van der Waals surface area contributed by atoms with Gasteiger partial charge >= 0.3 is 0 Å². The predicted octanol–water partition coefficient (Wildman–Crippen LogP) is 1.14. The Balaban J connectivity index is 2.34. The number of nitrogens with zero attached hydrogens (tertiary/aromatic N) is 3. The van der Waals surface area contributed by atoms with Crippen LogP contribution in [-0.4, -0.2) is 12.1 Å². The van der Waals surface area contributed by atoms with E-state index in [-0.39, 0.29) is 0 Å². The number of azo groups is 1. The Morgan fingerprint density at radius 1 is 1.17 bits per heavy atom. The van der Waals surface area contributed by atoms with Crippen LogP contribution in [0.3, 0.4) is 0 Å². The zero-order valence-corrected chi connectivity index (χ0v) is 6.38. The van der Waals surface area contributed by atoms with Crippen molar-refractivity contribution in [3.05, 3.63) is 35.9 Å². The fourth-order valence-electron chi connectivity index (χ4n) is 1.01. The third-order valence-electron chi connectivity index (χ3n) is 1.56. The Labute approximate surface area is 69.8 Å². The van der Waals surface area contributed by atoms with E-state index in [4.69, 9.17) is 5.73 Å². The number of nitrogens with two attached hydrogens (primary N) is 1. The predicted molar refractivity (Wildman–Crippen MR) is 45.8 cm³/mol. The molecule has 0 saturated carbocycles. The Morgan fingerprint density at radius 2 is 1.92 bits per heavy atom. The van der Waals surface area contributed by atoms with Gasteiger partial charge in [0.25, 0.3) is 0 Å². The minimum absolute atomic E-state index is 0.514. The van der Waals surface area contributed by atoms with Crippen LogP contribution in [0.5, 0.6) is 0 Å². The molecule has 0 spiro atoms. The lowest BCUT2D eigenvalue weighted by Gasteiger charge is -1.93. The van der Waals surface area contributed by atoms with Gasteiger partial charge in [-0.3, -0.25) is 5.73 Å². The maximum absolute atomic E-state index is 5.41. The van der Waals surface area contributed by atoms with Crippen molar-refractivity contribution in [2.75, 3.05) is 0 Å². The van der Waals surface area contributed by atoms with Crippen LogP contribution in [0.2, 0.25) is 0 Å². The topological polar surface area (TPSA) is 63.1 Å². The molecule has 0 fully saturated rings. The van der Waals surface area contributed by atoms with Crippen LogP contribution in [0.1, 0.15) is 5.56 Å². The van der Waals surface area contributed by atoms with Gasteiger partial charge in [-0.05, 0) is 0 Å². The van der Waals surface area contributed by atoms with Gasteiger partial charge in [-0.15, -0.1) is 10.2 Å². The second-order valence-corrected chi connectivity index (χ2v) is 2.45. The molecule has 0 saturated heterocycles. The molecular weight excluding hydrogens is 152 g/mol. The average Bonchev–Trinajstić information content (AvgIpc) is 2.54.